The molecule has 5 aromatic rings. The number of diazo groups is 1. The third-order valence-electron chi connectivity index (χ3n) is 5.85. The first-order valence-electron chi connectivity index (χ1n) is 11.5. The van der Waals surface area contributed by atoms with Gasteiger partial charge in [0.2, 0.25) is 11.2 Å². The maximum atomic E-state index is 13.0. The van der Waals surface area contributed by atoms with E-state index in [1.807, 2.05) is 60.7 Å². The van der Waals surface area contributed by atoms with Crippen molar-refractivity contribution in [3.05, 3.63) is 95.9 Å². The Hall–Kier alpha value is -4.83. The lowest BCUT2D eigenvalue weighted by atomic mass is 9.96. The number of fused-ring (bicyclic) bond motifs is 2. The minimum absolute atomic E-state index is 0.297. The fourth-order valence-corrected chi connectivity index (χ4v) is 4.40. The van der Waals surface area contributed by atoms with Gasteiger partial charge in [-0.1, -0.05) is 60.7 Å². The summed E-state index contributed by atoms with van der Waals surface area (Å²) in [5.41, 5.74) is 4.34. The topological polar surface area (TPSA) is 92.8 Å². The Morgan fingerprint density at radius 1 is 1.00 bits per heavy atom. The number of rotatable bonds is 3. The van der Waals surface area contributed by atoms with Gasteiger partial charge in [0.1, 0.15) is 11.2 Å². The molecule has 2 aromatic heterocycles. The first kappa shape index (κ1) is 22.9. The summed E-state index contributed by atoms with van der Waals surface area (Å²) in [4.78, 5) is 16.0. The van der Waals surface area contributed by atoms with Crippen LogP contribution in [0, 0.1) is 5.39 Å². The van der Waals surface area contributed by atoms with Crippen molar-refractivity contribution in [3.8, 4) is 22.3 Å². The van der Waals surface area contributed by atoms with Crippen LogP contribution in [0.25, 0.3) is 54.9 Å². The average molecular weight is 479 g/mol. The van der Waals surface area contributed by atoms with Crippen molar-refractivity contribution in [2.45, 2.75) is 26.4 Å². The summed E-state index contributed by atoms with van der Waals surface area (Å²) in [7, 11) is 0. The summed E-state index contributed by atoms with van der Waals surface area (Å²) < 4.78 is 13.0. The van der Waals surface area contributed by atoms with Gasteiger partial charge >= 0.3 is 12.3 Å². The SMILES string of the molecule is CC(C)(C)OC(=O)n1cc(/C(O)=C\[N+]#N)c2c(-c3cccc4c(-c5ccccc5)coc34)cccc21. The maximum Gasteiger partial charge on any atom is 0.419 e. The molecule has 1 N–H and O–H groups in total. The Bertz CT molecular complexity index is 1680. The molecule has 36 heavy (non-hydrogen) atoms. The zero-order valence-corrected chi connectivity index (χ0v) is 20.1. The zero-order chi connectivity index (χ0) is 25.4. The predicted molar refractivity (Wildman–Crippen MR) is 140 cm³/mol. The largest absolute Gasteiger partial charge is 0.501 e. The third-order valence-corrected chi connectivity index (χ3v) is 5.85. The number of benzene rings is 3. The van der Waals surface area contributed by atoms with E-state index in [9.17, 15) is 9.90 Å². The number of carbonyl (C=O) groups is 1. The summed E-state index contributed by atoms with van der Waals surface area (Å²) in [6.45, 7) is 5.35. The molecule has 2 heterocycles. The molecule has 0 atom stereocenters. The van der Waals surface area contributed by atoms with Gasteiger partial charge in [-0.3, -0.25) is 4.57 Å². The predicted octanol–water partition coefficient (Wildman–Crippen LogP) is 8.21. The summed E-state index contributed by atoms with van der Waals surface area (Å²) in [6.07, 6.45) is 3.55. The lowest BCUT2D eigenvalue weighted by Crippen LogP contribution is -2.26. The molecule has 0 aliphatic rings. The highest BCUT2D eigenvalue weighted by atomic mass is 16.6. The standard InChI is InChI=1S/C29H23N3O4/c1-29(2,3)36-28(34)32-16-22(25(33)15-31-30)26-19(11-8-14-24(26)32)20-12-7-13-21-23(17-35-27(20)21)18-9-5-4-6-10-18/h4-17H,1-3H3/p+1/b25-15+. The highest BCUT2D eigenvalue weighted by Gasteiger charge is 2.25. The number of para-hydroxylation sites is 1. The molecular weight excluding hydrogens is 454 g/mol. The van der Waals surface area contributed by atoms with Gasteiger partial charge in [0.15, 0.2) is 4.98 Å². The lowest BCUT2D eigenvalue weighted by molar-refractivity contribution is 0.0544. The number of hydrogen-bond donors (Lipinski definition) is 1. The molecule has 5 rings (SSSR count). The van der Waals surface area contributed by atoms with E-state index in [0.717, 1.165) is 33.8 Å². The zero-order valence-electron chi connectivity index (χ0n) is 20.1. The number of aliphatic hydroxyl groups is 1. The van der Waals surface area contributed by atoms with Gasteiger partial charge in [-0.15, -0.1) is 0 Å². The molecule has 0 aliphatic heterocycles. The van der Waals surface area contributed by atoms with E-state index in [2.05, 4.69) is 4.98 Å². The number of ether oxygens (including phenoxy) is 1. The third kappa shape index (κ3) is 3.99. The Morgan fingerprint density at radius 3 is 2.44 bits per heavy atom. The number of hydrogen-bond acceptors (Lipinski definition) is 5. The van der Waals surface area contributed by atoms with Gasteiger partial charge in [0, 0.05) is 28.1 Å². The van der Waals surface area contributed by atoms with Crippen LogP contribution < -0.4 is 0 Å². The molecule has 178 valence electrons. The molecule has 0 bridgehead atoms. The van der Waals surface area contributed by atoms with Crippen molar-refractivity contribution in [1.82, 2.24) is 4.57 Å². The first-order chi connectivity index (χ1) is 17.3. The van der Waals surface area contributed by atoms with Gasteiger partial charge in [-0.2, -0.15) is 0 Å². The summed E-state index contributed by atoms with van der Waals surface area (Å²) >= 11 is 0. The molecule has 0 saturated heterocycles. The van der Waals surface area contributed by atoms with Crippen LogP contribution >= 0.6 is 0 Å². The lowest BCUT2D eigenvalue weighted by Gasteiger charge is -2.19. The fourth-order valence-electron chi connectivity index (χ4n) is 4.40. The number of furan rings is 1. The Balaban J connectivity index is 1.78. The van der Waals surface area contributed by atoms with Crippen LogP contribution in [0.3, 0.4) is 0 Å². The molecule has 7 nitrogen and oxygen atoms in total. The van der Waals surface area contributed by atoms with E-state index >= 15 is 0 Å². The van der Waals surface area contributed by atoms with Gasteiger partial charge in [0.05, 0.1) is 17.3 Å². The molecule has 0 saturated carbocycles. The fraction of sp³-hybridized carbons (Fsp3) is 0.138. The van der Waals surface area contributed by atoms with E-state index in [1.54, 1.807) is 33.1 Å². The summed E-state index contributed by atoms with van der Waals surface area (Å²) in [6, 6.07) is 21.4. The van der Waals surface area contributed by atoms with Crippen molar-refractivity contribution in [1.29, 1.82) is 5.39 Å². The molecule has 0 amide bonds. The molecule has 0 radical (unpaired) electrons. The second-order valence-electron chi connectivity index (χ2n) is 9.42. The first-order valence-corrected chi connectivity index (χ1v) is 11.5. The van der Waals surface area contributed by atoms with Crippen LogP contribution in [-0.2, 0) is 4.74 Å². The van der Waals surface area contributed by atoms with Crippen molar-refractivity contribution in [2.75, 3.05) is 0 Å². The Labute approximate surface area is 207 Å². The highest BCUT2D eigenvalue weighted by Crippen LogP contribution is 2.41. The molecule has 0 aliphatic carbocycles. The van der Waals surface area contributed by atoms with Crippen LogP contribution in [-0.4, -0.2) is 21.4 Å². The van der Waals surface area contributed by atoms with E-state index < -0.39 is 11.7 Å². The van der Waals surface area contributed by atoms with E-state index in [1.165, 1.54) is 10.8 Å². The molecular formula is C29H24N3O4+. The maximum absolute atomic E-state index is 13.0. The average Bonchev–Trinajstić information content (AvgIpc) is 3.46. The van der Waals surface area contributed by atoms with Crippen molar-refractivity contribution in [3.63, 3.8) is 0 Å². The second-order valence-corrected chi connectivity index (χ2v) is 9.42. The number of nitrogens with zero attached hydrogens (tertiary/aromatic N) is 3. The van der Waals surface area contributed by atoms with Crippen LogP contribution in [0.5, 0.6) is 0 Å². The molecule has 3 aromatic carbocycles. The van der Waals surface area contributed by atoms with Gasteiger partial charge < -0.3 is 14.3 Å². The van der Waals surface area contributed by atoms with Crippen LogP contribution in [0.15, 0.2) is 89.8 Å². The normalized spacial score (nSPS) is 12.1. The molecule has 0 spiro atoms. The summed E-state index contributed by atoms with van der Waals surface area (Å²) in [5.74, 6) is -0.297. The molecule has 7 heteroatoms. The van der Waals surface area contributed by atoms with E-state index in [-0.39, 0.29) is 5.76 Å². The number of aromatic nitrogens is 1. The Kier molecular flexibility index (Phi) is 5.57. The van der Waals surface area contributed by atoms with E-state index in [0.29, 0.717) is 22.0 Å². The Morgan fingerprint density at radius 2 is 1.72 bits per heavy atom. The van der Waals surface area contributed by atoms with Crippen LogP contribution in [0.1, 0.15) is 26.3 Å². The highest BCUT2D eigenvalue weighted by molar-refractivity contribution is 6.10. The van der Waals surface area contributed by atoms with Crippen molar-refractivity contribution in [2.24, 2.45) is 0 Å². The quantitative estimate of drug-likeness (QED) is 0.208. The van der Waals surface area contributed by atoms with Gasteiger partial charge in [-0.05, 0) is 38.0 Å². The van der Waals surface area contributed by atoms with Crippen LogP contribution in [0.2, 0.25) is 0 Å². The van der Waals surface area contributed by atoms with Crippen molar-refractivity contribution >= 4 is 33.7 Å². The minimum atomic E-state index is -0.711. The van der Waals surface area contributed by atoms with Gasteiger partial charge in [-0.25, -0.2) is 4.79 Å². The molecule has 0 fully saturated rings. The molecule has 0 unspecified atom stereocenters. The second kappa shape index (κ2) is 8.75. The van der Waals surface area contributed by atoms with Crippen molar-refractivity contribution < 1.29 is 19.1 Å². The number of aliphatic hydroxyl groups excluding tert-OH is 1. The number of carbonyl (C=O) groups excluding carboxylic acids is 1. The van der Waals surface area contributed by atoms with Crippen LogP contribution in [0.4, 0.5) is 4.79 Å². The minimum Gasteiger partial charge on any atom is -0.501 e. The summed E-state index contributed by atoms with van der Waals surface area (Å²) in [5, 5.41) is 21.3. The van der Waals surface area contributed by atoms with E-state index in [4.69, 9.17) is 14.5 Å². The van der Waals surface area contributed by atoms with Gasteiger partial charge in [0.25, 0.3) is 0 Å². The smallest absolute Gasteiger partial charge is 0.419 e. The monoisotopic (exact) mass is 478 g/mol.